The van der Waals surface area contributed by atoms with Crippen molar-refractivity contribution in [2.45, 2.75) is 83.3 Å². The molecule has 0 radical (unpaired) electrons. The van der Waals surface area contributed by atoms with Crippen LogP contribution < -0.4 is 10.1 Å². The van der Waals surface area contributed by atoms with Crippen LogP contribution in [0.5, 0.6) is 5.88 Å². The number of alkyl carbamates (subject to hydrolysis) is 1. The molecule has 3 amide bonds. The van der Waals surface area contributed by atoms with Crippen molar-refractivity contribution < 1.29 is 37.7 Å². The third-order valence-electron chi connectivity index (χ3n) is 6.51. The highest BCUT2D eigenvalue weighted by atomic mass is 19.1. The summed E-state index contributed by atoms with van der Waals surface area (Å²) in [5.41, 5.74) is 0.871. The molecule has 1 saturated carbocycles. The Morgan fingerprint density at radius 3 is 2.54 bits per heavy atom. The summed E-state index contributed by atoms with van der Waals surface area (Å²) in [6.07, 6.45) is -0.114. The van der Waals surface area contributed by atoms with Crippen LogP contribution in [0.2, 0.25) is 0 Å². The first kappa shape index (κ1) is 30.4. The van der Waals surface area contributed by atoms with Gasteiger partial charge in [-0.2, -0.15) is 0 Å². The molecule has 3 rings (SSSR count). The normalized spacial score (nSPS) is 20.1. The number of carbonyl (C=O) groups excluding carboxylic acids is 3. The Bertz CT molecular complexity index is 1010. The standard InChI is InChI=1S/C27H41FN4O7/c1-17(18-12-19(30-23(13-18)36-5)8-7-11-29-25(34)37-6)32(20-9-10-20)24(33)22-16-31(15-21(14-28)38-22)26(35)39-27(2,3)4/h12-13,17,20-22H,7-11,14-16H2,1-6H3,(H,29,34)/t17-,21-,22-/m1/s1. The van der Waals surface area contributed by atoms with E-state index in [1.54, 1.807) is 31.7 Å². The minimum atomic E-state index is -1.01. The van der Waals surface area contributed by atoms with E-state index in [0.717, 1.165) is 24.1 Å². The topological polar surface area (TPSA) is 120 Å². The Balaban J connectivity index is 1.77. The second kappa shape index (κ2) is 13.3. The van der Waals surface area contributed by atoms with E-state index in [1.165, 1.54) is 19.1 Å². The number of morpholine rings is 1. The van der Waals surface area contributed by atoms with Gasteiger partial charge in [-0.1, -0.05) is 0 Å². The molecule has 39 heavy (non-hydrogen) atoms. The monoisotopic (exact) mass is 552 g/mol. The number of hydrogen-bond acceptors (Lipinski definition) is 8. The summed E-state index contributed by atoms with van der Waals surface area (Å²) in [6.45, 7) is 6.79. The van der Waals surface area contributed by atoms with E-state index in [9.17, 15) is 18.8 Å². The van der Waals surface area contributed by atoms with Gasteiger partial charge in [0, 0.05) is 24.3 Å². The van der Waals surface area contributed by atoms with Gasteiger partial charge >= 0.3 is 12.2 Å². The zero-order valence-corrected chi connectivity index (χ0v) is 23.7. The average molecular weight is 553 g/mol. The Morgan fingerprint density at radius 2 is 1.95 bits per heavy atom. The largest absolute Gasteiger partial charge is 0.481 e. The molecule has 1 aliphatic carbocycles. The quantitative estimate of drug-likeness (QED) is 0.439. The zero-order valence-electron chi connectivity index (χ0n) is 23.7. The van der Waals surface area contributed by atoms with E-state index in [0.29, 0.717) is 25.3 Å². The summed E-state index contributed by atoms with van der Waals surface area (Å²) >= 11 is 0. The molecule has 1 aromatic rings. The van der Waals surface area contributed by atoms with E-state index in [1.807, 2.05) is 13.0 Å². The van der Waals surface area contributed by atoms with Gasteiger partial charge in [-0.15, -0.1) is 0 Å². The summed E-state index contributed by atoms with van der Waals surface area (Å²) < 4.78 is 35.0. The number of rotatable bonds is 10. The fraction of sp³-hybridized carbons (Fsp3) is 0.704. The molecule has 0 spiro atoms. The summed E-state index contributed by atoms with van der Waals surface area (Å²) in [6, 6.07) is 3.39. The third kappa shape index (κ3) is 8.67. The minimum absolute atomic E-state index is 0.0156. The zero-order chi connectivity index (χ0) is 28.7. The Morgan fingerprint density at radius 1 is 1.23 bits per heavy atom. The number of nitrogens with one attached hydrogen (secondary N) is 1. The third-order valence-corrected chi connectivity index (χ3v) is 6.51. The molecule has 1 saturated heterocycles. The molecule has 2 aliphatic rings. The first-order chi connectivity index (χ1) is 18.4. The number of ether oxygens (including phenoxy) is 4. The van der Waals surface area contributed by atoms with Crippen LogP contribution in [-0.4, -0.2) is 97.3 Å². The van der Waals surface area contributed by atoms with E-state index < -0.39 is 36.7 Å². The number of halogens is 1. The Labute approximate surface area is 229 Å². The van der Waals surface area contributed by atoms with Crippen molar-refractivity contribution >= 4 is 18.1 Å². The number of hydrogen-bond donors (Lipinski definition) is 1. The highest BCUT2D eigenvalue weighted by molar-refractivity contribution is 5.83. The van der Waals surface area contributed by atoms with Crippen molar-refractivity contribution in [1.82, 2.24) is 20.1 Å². The number of aromatic nitrogens is 1. The minimum Gasteiger partial charge on any atom is -0.481 e. The van der Waals surface area contributed by atoms with E-state index >= 15 is 0 Å². The molecule has 12 heteroatoms. The lowest BCUT2D eigenvalue weighted by atomic mass is 10.0. The van der Waals surface area contributed by atoms with Gasteiger partial charge in [-0.05, 0) is 65.0 Å². The number of carbonyl (C=O) groups is 3. The second-order valence-corrected chi connectivity index (χ2v) is 10.9. The van der Waals surface area contributed by atoms with E-state index in [4.69, 9.17) is 14.2 Å². The van der Waals surface area contributed by atoms with Crippen molar-refractivity contribution in [3.63, 3.8) is 0 Å². The van der Waals surface area contributed by atoms with Gasteiger partial charge in [-0.3, -0.25) is 4.79 Å². The first-order valence-corrected chi connectivity index (χ1v) is 13.3. The van der Waals surface area contributed by atoms with Gasteiger partial charge in [0.2, 0.25) is 5.88 Å². The Kier molecular flexibility index (Phi) is 10.3. The predicted molar refractivity (Wildman–Crippen MR) is 140 cm³/mol. The maximum Gasteiger partial charge on any atom is 0.410 e. The lowest BCUT2D eigenvalue weighted by Gasteiger charge is -2.40. The fourth-order valence-corrected chi connectivity index (χ4v) is 4.49. The summed E-state index contributed by atoms with van der Waals surface area (Å²) in [7, 11) is 2.84. The molecule has 218 valence electrons. The van der Waals surface area contributed by atoms with Crippen LogP contribution in [0.1, 0.15) is 64.3 Å². The van der Waals surface area contributed by atoms with Crippen molar-refractivity contribution in [3.05, 3.63) is 23.4 Å². The summed E-state index contributed by atoms with van der Waals surface area (Å²) in [5.74, 6) is 0.122. The van der Waals surface area contributed by atoms with Crippen LogP contribution in [-0.2, 0) is 25.4 Å². The van der Waals surface area contributed by atoms with Crippen LogP contribution in [0, 0.1) is 0 Å². The number of amides is 3. The lowest BCUT2D eigenvalue weighted by molar-refractivity contribution is -0.160. The van der Waals surface area contributed by atoms with Gasteiger partial charge < -0.3 is 34.1 Å². The van der Waals surface area contributed by atoms with Gasteiger partial charge in [0.05, 0.1) is 33.4 Å². The van der Waals surface area contributed by atoms with E-state index in [-0.39, 0.29) is 31.1 Å². The Hall–Kier alpha value is -3.15. The molecular weight excluding hydrogens is 511 g/mol. The maximum absolute atomic E-state index is 13.9. The SMILES string of the molecule is COC(=O)NCCCc1cc([C@@H](C)N(C(=O)[C@H]2CN(C(=O)OC(C)(C)C)C[C@@H](CF)O2)C2CC2)cc(OC)n1. The molecule has 0 unspecified atom stereocenters. The summed E-state index contributed by atoms with van der Waals surface area (Å²) in [5, 5.41) is 2.64. The van der Waals surface area contributed by atoms with Crippen LogP contribution in [0.25, 0.3) is 0 Å². The van der Waals surface area contributed by atoms with Crippen LogP contribution in [0.15, 0.2) is 12.1 Å². The second-order valence-electron chi connectivity index (χ2n) is 10.9. The molecule has 1 aliphatic heterocycles. The van der Waals surface area contributed by atoms with Crippen LogP contribution >= 0.6 is 0 Å². The number of nitrogens with zero attached hydrogens (tertiary/aromatic N) is 3. The number of alkyl halides is 1. The molecule has 2 heterocycles. The molecule has 1 N–H and O–H groups in total. The van der Waals surface area contributed by atoms with Crippen LogP contribution in [0.4, 0.5) is 14.0 Å². The molecule has 2 fully saturated rings. The molecule has 0 bridgehead atoms. The molecule has 11 nitrogen and oxygen atoms in total. The highest BCUT2D eigenvalue weighted by Crippen LogP contribution is 2.36. The molecule has 0 aromatic carbocycles. The predicted octanol–water partition coefficient (Wildman–Crippen LogP) is 3.40. The van der Waals surface area contributed by atoms with Crippen molar-refractivity contribution in [1.29, 1.82) is 0 Å². The lowest BCUT2D eigenvalue weighted by Crippen LogP contribution is -2.57. The van der Waals surface area contributed by atoms with Crippen LogP contribution in [0.3, 0.4) is 0 Å². The summed E-state index contributed by atoms with van der Waals surface area (Å²) in [4.78, 5) is 45.5. The van der Waals surface area contributed by atoms with Gasteiger partial charge in [0.15, 0.2) is 6.10 Å². The molecule has 3 atom stereocenters. The van der Waals surface area contributed by atoms with Gasteiger partial charge in [-0.25, -0.2) is 19.0 Å². The first-order valence-electron chi connectivity index (χ1n) is 13.3. The molecule has 1 aromatic heterocycles. The number of methoxy groups -OCH3 is 2. The van der Waals surface area contributed by atoms with Gasteiger partial charge in [0.25, 0.3) is 5.91 Å². The van der Waals surface area contributed by atoms with Crippen molar-refractivity contribution in [2.75, 3.05) is 40.5 Å². The number of aryl methyl sites for hydroxylation is 1. The average Bonchev–Trinajstić information content (AvgIpc) is 3.74. The number of pyridine rings is 1. The molecular formula is C27H41FN4O7. The van der Waals surface area contributed by atoms with Crippen molar-refractivity contribution in [3.8, 4) is 5.88 Å². The fourth-order valence-electron chi connectivity index (χ4n) is 4.49. The maximum atomic E-state index is 13.9. The van der Waals surface area contributed by atoms with E-state index in [2.05, 4.69) is 15.0 Å². The smallest absolute Gasteiger partial charge is 0.410 e. The van der Waals surface area contributed by atoms with Gasteiger partial charge in [0.1, 0.15) is 18.4 Å². The van der Waals surface area contributed by atoms with Crippen molar-refractivity contribution in [2.24, 2.45) is 0 Å². The highest BCUT2D eigenvalue weighted by Gasteiger charge is 2.43.